The molecule has 1 aliphatic carbocycles. The number of carbonyl (C=O) groups excluding carboxylic acids is 1. The molecule has 120 valence electrons. The van der Waals surface area contributed by atoms with Crippen LogP contribution in [0.2, 0.25) is 0 Å². The van der Waals surface area contributed by atoms with Gasteiger partial charge in [-0.25, -0.2) is 0 Å². The maximum atomic E-state index is 12.8. The number of hydrogen-bond acceptors (Lipinski definition) is 3. The number of para-hydroxylation sites is 1. The van der Waals surface area contributed by atoms with Crippen molar-refractivity contribution >= 4 is 5.91 Å². The van der Waals surface area contributed by atoms with E-state index in [0.29, 0.717) is 18.3 Å². The highest BCUT2D eigenvalue weighted by molar-refractivity contribution is 5.81. The number of benzene rings is 1. The van der Waals surface area contributed by atoms with Crippen molar-refractivity contribution in [2.45, 2.75) is 45.3 Å². The molecule has 1 saturated carbocycles. The lowest BCUT2D eigenvalue weighted by Gasteiger charge is -2.25. The van der Waals surface area contributed by atoms with Crippen LogP contribution in [-0.2, 0) is 4.79 Å². The molecule has 3 rings (SSSR count). The van der Waals surface area contributed by atoms with Gasteiger partial charge < -0.3 is 15.4 Å². The molecule has 4 atom stereocenters. The maximum Gasteiger partial charge on any atom is 0.263 e. The normalized spacial score (nSPS) is 28.5. The second-order valence-electron chi connectivity index (χ2n) is 6.69. The van der Waals surface area contributed by atoms with Gasteiger partial charge in [0.2, 0.25) is 0 Å². The Hall–Kier alpha value is -1.55. The zero-order chi connectivity index (χ0) is 15.7. The molecule has 0 aromatic heterocycles. The number of nitrogens with two attached hydrogens (primary N) is 1. The average Bonchev–Trinajstić information content (AvgIpc) is 3.08. The maximum absolute atomic E-state index is 12.8. The summed E-state index contributed by atoms with van der Waals surface area (Å²) in [5, 5.41) is 0. The standard InChI is InChI=1S/C18H26N2O2/c1-3-16(22-17-7-5-4-6-12(17)2)18(21)20-10-13-8-9-15(19)14(13)11-20/h4-7,13-16H,3,8-11,19H2,1-2H3. The number of aryl methyl sites for hydroxylation is 1. The highest BCUT2D eigenvalue weighted by atomic mass is 16.5. The van der Waals surface area contributed by atoms with E-state index in [2.05, 4.69) is 0 Å². The lowest BCUT2D eigenvalue weighted by Crippen LogP contribution is -2.42. The van der Waals surface area contributed by atoms with Crippen molar-refractivity contribution in [1.82, 2.24) is 4.90 Å². The van der Waals surface area contributed by atoms with Crippen LogP contribution in [0.5, 0.6) is 5.75 Å². The Morgan fingerprint density at radius 2 is 2.14 bits per heavy atom. The summed E-state index contributed by atoms with van der Waals surface area (Å²) in [5.74, 6) is 2.00. The van der Waals surface area contributed by atoms with E-state index in [1.807, 2.05) is 43.0 Å². The third kappa shape index (κ3) is 2.84. The van der Waals surface area contributed by atoms with E-state index in [1.54, 1.807) is 0 Å². The number of hydrogen-bond donors (Lipinski definition) is 1. The van der Waals surface area contributed by atoms with E-state index in [1.165, 1.54) is 0 Å². The highest BCUT2D eigenvalue weighted by Crippen LogP contribution is 2.37. The first-order valence-electron chi connectivity index (χ1n) is 8.36. The van der Waals surface area contributed by atoms with E-state index in [-0.39, 0.29) is 11.9 Å². The lowest BCUT2D eigenvalue weighted by atomic mass is 9.98. The van der Waals surface area contributed by atoms with Crippen LogP contribution >= 0.6 is 0 Å². The third-order valence-electron chi connectivity index (χ3n) is 5.23. The molecule has 1 aliphatic heterocycles. The fraction of sp³-hybridized carbons (Fsp3) is 0.611. The predicted octanol–water partition coefficient (Wildman–Crippen LogP) is 2.35. The molecule has 0 bridgehead atoms. The first kappa shape index (κ1) is 15.3. The number of fused-ring (bicyclic) bond motifs is 1. The van der Waals surface area contributed by atoms with Gasteiger partial charge in [-0.3, -0.25) is 4.79 Å². The number of ether oxygens (including phenoxy) is 1. The van der Waals surface area contributed by atoms with Gasteiger partial charge >= 0.3 is 0 Å². The molecule has 4 heteroatoms. The largest absolute Gasteiger partial charge is 0.480 e. The predicted molar refractivity (Wildman–Crippen MR) is 86.7 cm³/mol. The molecule has 2 aliphatic rings. The minimum atomic E-state index is -0.392. The van der Waals surface area contributed by atoms with Gasteiger partial charge in [0, 0.05) is 19.1 Å². The van der Waals surface area contributed by atoms with Gasteiger partial charge in [0.25, 0.3) is 5.91 Å². The molecule has 0 spiro atoms. The van der Waals surface area contributed by atoms with Crippen molar-refractivity contribution in [2.24, 2.45) is 17.6 Å². The summed E-state index contributed by atoms with van der Waals surface area (Å²) in [6, 6.07) is 8.12. The minimum absolute atomic E-state index is 0.118. The Bertz CT molecular complexity index is 546. The zero-order valence-corrected chi connectivity index (χ0v) is 13.5. The van der Waals surface area contributed by atoms with E-state index in [0.717, 1.165) is 37.2 Å². The third-order valence-corrected chi connectivity index (χ3v) is 5.23. The topological polar surface area (TPSA) is 55.6 Å². The van der Waals surface area contributed by atoms with Crippen LogP contribution in [0.1, 0.15) is 31.7 Å². The molecule has 1 aromatic carbocycles. The summed E-state index contributed by atoms with van der Waals surface area (Å²) in [6.07, 6.45) is 2.56. The van der Waals surface area contributed by atoms with E-state index < -0.39 is 6.10 Å². The SMILES string of the molecule is CCC(Oc1ccccc1C)C(=O)N1CC2CCC(N)C2C1. The van der Waals surface area contributed by atoms with E-state index in [9.17, 15) is 4.79 Å². The summed E-state index contributed by atoms with van der Waals surface area (Å²) in [6.45, 7) is 5.67. The van der Waals surface area contributed by atoms with Crippen LogP contribution in [-0.4, -0.2) is 36.0 Å². The molecule has 2 N–H and O–H groups in total. The van der Waals surface area contributed by atoms with Crippen molar-refractivity contribution in [1.29, 1.82) is 0 Å². The molecule has 0 radical (unpaired) electrons. The molecule has 1 heterocycles. The molecule has 22 heavy (non-hydrogen) atoms. The van der Waals surface area contributed by atoms with Gasteiger partial charge in [-0.05, 0) is 49.7 Å². The van der Waals surface area contributed by atoms with Gasteiger partial charge in [-0.1, -0.05) is 25.1 Å². The van der Waals surface area contributed by atoms with Crippen molar-refractivity contribution < 1.29 is 9.53 Å². The summed E-state index contributed by atoms with van der Waals surface area (Å²) in [5.41, 5.74) is 7.23. The molecule has 1 aromatic rings. The molecule has 1 amide bonds. The second kappa shape index (κ2) is 6.29. The van der Waals surface area contributed by atoms with Gasteiger partial charge in [0.15, 0.2) is 6.10 Å². The lowest BCUT2D eigenvalue weighted by molar-refractivity contribution is -0.138. The summed E-state index contributed by atoms with van der Waals surface area (Å²) in [4.78, 5) is 14.8. The quantitative estimate of drug-likeness (QED) is 0.929. The monoisotopic (exact) mass is 302 g/mol. The number of likely N-dealkylation sites (tertiary alicyclic amines) is 1. The van der Waals surface area contributed by atoms with Crippen LogP contribution in [0.4, 0.5) is 0 Å². The number of amides is 1. The van der Waals surface area contributed by atoms with Gasteiger partial charge in [0.05, 0.1) is 0 Å². The Labute approximate surface area is 132 Å². The molecule has 4 unspecified atom stereocenters. The van der Waals surface area contributed by atoms with Gasteiger partial charge in [-0.2, -0.15) is 0 Å². The fourth-order valence-electron chi connectivity index (χ4n) is 3.84. The first-order chi connectivity index (χ1) is 10.6. The summed E-state index contributed by atoms with van der Waals surface area (Å²) < 4.78 is 6.00. The summed E-state index contributed by atoms with van der Waals surface area (Å²) in [7, 11) is 0. The molecule has 2 fully saturated rings. The van der Waals surface area contributed by atoms with Crippen LogP contribution in [0.25, 0.3) is 0 Å². The number of rotatable bonds is 4. The first-order valence-corrected chi connectivity index (χ1v) is 8.36. The van der Waals surface area contributed by atoms with Crippen LogP contribution < -0.4 is 10.5 Å². The van der Waals surface area contributed by atoms with E-state index >= 15 is 0 Å². The van der Waals surface area contributed by atoms with Crippen LogP contribution in [0.15, 0.2) is 24.3 Å². The highest BCUT2D eigenvalue weighted by Gasteiger charge is 2.43. The Morgan fingerprint density at radius 3 is 2.82 bits per heavy atom. The average molecular weight is 302 g/mol. The zero-order valence-electron chi connectivity index (χ0n) is 13.5. The smallest absolute Gasteiger partial charge is 0.263 e. The Kier molecular flexibility index (Phi) is 4.39. The van der Waals surface area contributed by atoms with Crippen LogP contribution in [0.3, 0.4) is 0 Å². The van der Waals surface area contributed by atoms with Crippen LogP contribution in [0, 0.1) is 18.8 Å². The Morgan fingerprint density at radius 1 is 1.36 bits per heavy atom. The Balaban J connectivity index is 1.67. The van der Waals surface area contributed by atoms with Crippen molar-refractivity contribution in [3.05, 3.63) is 29.8 Å². The number of carbonyl (C=O) groups is 1. The second-order valence-corrected chi connectivity index (χ2v) is 6.69. The van der Waals surface area contributed by atoms with Crippen molar-refractivity contribution in [3.63, 3.8) is 0 Å². The minimum Gasteiger partial charge on any atom is -0.480 e. The summed E-state index contributed by atoms with van der Waals surface area (Å²) >= 11 is 0. The van der Waals surface area contributed by atoms with Gasteiger partial charge in [-0.15, -0.1) is 0 Å². The van der Waals surface area contributed by atoms with Crippen molar-refractivity contribution in [2.75, 3.05) is 13.1 Å². The van der Waals surface area contributed by atoms with Gasteiger partial charge in [0.1, 0.15) is 5.75 Å². The van der Waals surface area contributed by atoms with E-state index in [4.69, 9.17) is 10.5 Å². The fourth-order valence-corrected chi connectivity index (χ4v) is 3.84. The molecular formula is C18H26N2O2. The molecule has 1 saturated heterocycles. The van der Waals surface area contributed by atoms with Crippen molar-refractivity contribution in [3.8, 4) is 5.75 Å². The molecular weight excluding hydrogens is 276 g/mol. The number of nitrogens with zero attached hydrogens (tertiary/aromatic N) is 1. The molecule has 4 nitrogen and oxygen atoms in total.